The molecule has 0 rings (SSSR count). The summed E-state index contributed by atoms with van der Waals surface area (Å²) in [6.45, 7) is 4.19. The van der Waals surface area contributed by atoms with Crippen LogP contribution in [0.1, 0.15) is 20.3 Å². The summed E-state index contributed by atoms with van der Waals surface area (Å²) in [6, 6.07) is 0.680. The first-order valence-electron chi connectivity index (χ1n) is 5.44. The van der Waals surface area contributed by atoms with Gasteiger partial charge in [0.2, 0.25) is 5.91 Å². The molecule has 0 bridgehead atoms. The second-order valence-electron chi connectivity index (χ2n) is 4.13. The van der Waals surface area contributed by atoms with E-state index in [1.807, 2.05) is 0 Å². The van der Waals surface area contributed by atoms with Gasteiger partial charge in [-0.05, 0) is 20.3 Å². The molecule has 1 amide bonds. The van der Waals surface area contributed by atoms with Crippen LogP contribution in [-0.2, 0) is 18.1 Å². The van der Waals surface area contributed by atoms with Crippen molar-refractivity contribution in [3.05, 3.63) is 0 Å². The Balaban J connectivity index is 3.96. The smallest absolute Gasteiger partial charge is 0.377 e. The fourth-order valence-electron chi connectivity index (χ4n) is 1.27. The number of nitrogens with one attached hydrogen (secondary N) is 1. The van der Waals surface area contributed by atoms with Gasteiger partial charge >= 0.3 is 8.80 Å². The van der Waals surface area contributed by atoms with Crippen LogP contribution >= 0.6 is 15.9 Å². The van der Waals surface area contributed by atoms with Crippen molar-refractivity contribution in [3.8, 4) is 0 Å². The number of carbonyl (C=O) groups excluding carboxylic acids is 1. The maximum absolute atomic E-state index is 11.6. The molecule has 0 aliphatic carbocycles. The normalized spacial score (nSPS) is 12.6. The summed E-state index contributed by atoms with van der Waals surface area (Å²) in [5, 5.41) is 2.84. The third-order valence-electron chi connectivity index (χ3n) is 2.42. The topological polar surface area (TPSA) is 56.8 Å². The largest absolute Gasteiger partial charge is 0.500 e. The number of amides is 1. The third-order valence-corrected chi connectivity index (χ3v) is 5.61. The lowest BCUT2D eigenvalue weighted by molar-refractivity contribution is -0.122. The van der Waals surface area contributed by atoms with Crippen molar-refractivity contribution in [1.29, 1.82) is 0 Å². The molecule has 0 saturated carbocycles. The summed E-state index contributed by atoms with van der Waals surface area (Å²) < 4.78 is 15.3. The lowest BCUT2D eigenvalue weighted by Crippen LogP contribution is -2.44. The number of hydrogen-bond donors (Lipinski definition) is 1. The molecule has 0 radical (unpaired) electrons. The number of halogens is 1. The monoisotopic (exact) mass is 327 g/mol. The Morgan fingerprint density at radius 2 is 1.71 bits per heavy atom. The Kier molecular flexibility index (Phi) is 7.50. The minimum atomic E-state index is -2.50. The van der Waals surface area contributed by atoms with Crippen molar-refractivity contribution in [2.24, 2.45) is 0 Å². The molecule has 0 aliphatic rings. The molecule has 1 N–H and O–H groups in total. The van der Waals surface area contributed by atoms with Crippen molar-refractivity contribution in [2.75, 3.05) is 27.9 Å². The van der Waals surface area contributed by atoms with Gasteiger partial charge < -0.3 is 18.6 Å². The number of hydrogen-bond acceptors (Lipinski definition) is 4. The standard InChI is InChI=1S/C10H22BrNO4Si/c1-10(2,11)9(13)12-7-6-8-17(14-3,15-4)16-5/h6-8H2,1-5H3,(H,12,13). The number of alkyl halides is 1. The van der Waals surface area contributed by atoms with E-state index >= 15 is 0 Å². The average molecular weight is 328 g/mol. The van der Waals surface area contributed by atoms with E-state index in [2.05, 4.69) is 21.2 Å². The molecule has 17 heavy (non-hydrogen) atoms. The molecule has 0 saturated heterocycles. The molecule has 0 heterocycles. The lowest BCUT2D eigenvalue weighted by Gasteiger charge is -2.24. The van der Waals surface area contributed by atoms with Crippen LogP contribution in [0.5, 0.6) is 0 Å². The van der Waals surface area contributed by atoms with E-state index in [4.69, 9.17) is 13.3 Å². The zero-order valence-electron chi connectivity index (χ0n) is 11.1. The van der Waals surface area contributed by atoms with Gasteiger partial charge in [-0.15, -0.1) is 0 Å². The zero-order valence-corrected chi connectivity index (χ0v) is 13.7. The molecule has 0 spiro atoms. The van der Waals surface area contributed by atoms with E-state index in [1.165, 1.54) is 0 Å². The van der Waals surface area contributed by atoms with Gasteiger partial charge in [-0.25, -0.2) is 0 Å². The second kappa shape index (κ2) is 7.47. The summed E-state index contributed by atoms with van der Waals surface area (Å²) in [4.78, 5) is 11.6. The van der Waals surface area contributed by atoms with Gasteiger partial charge in [0.15, 0.2) is 0 Å². The van der Waals surface area contributed by atoms with Crippen LogP contribution < -0.4 is 5.32 Å². The van der Waals surface area contributed by atoms with Gasteiger partial charge in [-0.2, -0.15) is 0 Å². The summed E-state index contributed by atoms with van der Waals surface area (Å²) in [6.07, 6.45) is 0.760. The molecule has 7 heteroatoms. The maximum atomic E-state index is 11.6. The van der Waals surface area contributed by atoms with Gasteiger partial charge in [0.1, 0.15) is 0 Å². The van der Waals surface area contributed by atoms with E-state index in [0.29, 0.717) is 12.6 Å². The van der Waals surface area contributed by atoms with Crippen molar-refractivity contribution in [1.82, 2.24) is 5.32 Å². The van der Waals surface area contributed by atoms with E-state index in [9.17, 15) is 4.79 Å². The predicted molar refractivity (Wildman–Crippen MR) is 72.2 cm³/mol. The zero-order chi connectivity index (χ0) is 13.5. The maximum Gasteiger partial charge on any atom is 0.500 e. The quantitative estimate of drug-likeness (QED) is 0.417. The van der Waals surface area contributed by atoms with Gasteiger partial charge in [0.25, 0.3) is 0 Å². The van der Waals surface area contributed by atoms with E-state index in [-0.39, 0.29) is 5.91 Å². The summed E-state index contributed by atoms with van der Waals surface area (Å²) in [5.41, 5.74) is 0. The SMILES string of the molecule is CO[Si](CCCNC(=O)C(C)(C)Br)(OC)OC. The molecule has 102 valence electrons. The summed E-state index contributed by atoms with van der Waals surface area (Å²) >= 11 is 3.30. The molecule has 5 nitrogen and oxygen atoms in total. The lowest BCUT2D eigenvalue weighted by atomic mass is 10.2. The van der Waals surface area contributed by atoms with Crippen molar-refractivity contribution in [2.45, 2.75) is 30.6 Å². The molecule has 0 unspecified atom stereocenters. The van der Waals surface area contributed by atoms with E-state index < -0.39 is 13.1 Å². The molecule has 0 atom stereocenters. The highest BCUT2D eigenvalue weighted by Crippen LogP contribution is 2.16. The average Bonchev–Trinajstić information content (AvgIpc) is 2.29. The Morgan fingerprint density at radius 3 is 2.06 bits per heavy atom. The summed E-state index contributed by atoms with van der Waals surface area (Å²) in [7, 11) is 2.25. The van der Waals surface area contributed by atoms with Crippen molar-refractivity contribution >= 4 is 30.6 Å². The molecule has 0 fully saturated rings. The van der Waals surface area contributed by atoms with Crippen LogP contribution in [0.2, 0.25) is 6.04 Å². The number of rotatable bonds is 8. The van der Waals surface area contributed by atoms with Gasteiger partial charge in [-0.1, -0.05) is 15.9 Å². The fourth-order valence-corrected chi connectivity index (χ4v) is 3.14. The van der Waals surface area contributed by atoms with Gasteiger partial charge in [0, 0.05) is 33.9 Å². The van der Waals surface area contributed by atoms with Gasteiger partial charge in [0.05, 0.1) is 4.32 Å². The van der Waals surface area contributed by atoms with Crippen LogP contribution in [-0.4, -0.2) is 46.9 Å². The van der Waals surface area contributed by atoms with E-state index in [0.717, 1.165) is 6.42 Å². The van der Waals surface area contributed by atoms with Crippen LogP contribution in [0.15, 0.2) is 0 Å². The molecule has 0 aromatic rings. The van der Waals surface area contributed by atoms with Crippen molar-refractivity contribution < 1.29 is 18.1 Å². The minimum absolute atomic E-state index is 0.0305. The minimum Gasteiger partial charge on any atom is -0.377 e. The van der Waals surface area contributed by atoms with Gasteiger partial charge in [-0.3, -0.25) is 4.79 Å². The van der Waals surface area contributed by atoms with Crippen LogP contribution in [0, 0.1) is 0 Å². The first-order chi connectivity index (χ1) is 7.81. The first-order valence-corrected chi connectivity index (χ1v) is 8.16. The molecular weight excluding hydrogens is 306 g/mol. The molecular formula is C10H22BrNO4Si. The Morgan fingerprint density at radius 1 is 1.24 bits per heavy atom. The molecule has 0 aromatic carbocycles. The predicted octanol–water partition coefficient (Wildman–Crippen LogP) is 1.54. The molecule has 0 aromatic heterocycles. The van der Waals surface area contributed by atoms with Crippen molar-refractivity contribution in [3.63, 3.8) is 0 Å². The highest BCUT2D eigenvalue weighted by atomic mass is 79.9. The fraction of sp³-hybridized carbons (Fsp3) is 0.900. The second-order valence-corrected chi connectivity index (χ2v) is 9.20. The van der Waals surface area contributed by atoms with Crippen LogP contribution in [0.4, 0.5) is 0 Å². The highest BCUT2D eigenvalue weighted by molar-refractivity contribution is 9.10. The number of carbonyl (C=O) groups is 1. The highest BCUT2D eigenvalue weighted by Gasteiger charge is 2.37. The van der Waals surface area contributed by atoms with E-state index in [1.54, 1.807) is 35.2 Å². The molecule has 0 aliphatic heterocycles. The van der Waals surface area contributed by atoms with Crippen LogP contribution in [0.25, 0.3) is 0 Å². The third kappa shape index (κ3) is 5.96. The Hall–Kier alpha value is 0.0469. The summed E-state index contributed by atoms with van der Waals surface area (Å²) in [5.74, 6) is -0.0305. The first kappa shape index (κ1) is 17.0. The Labute approximate surface area is 113 Å². The van der Waals surface area contributed by atoms with Crippen LogP contribution in [0.3, 0.4) is 0 Å². The Bertz CT molecular complexity index is 233.